The van der Waals surface area contributed by atoms with E-state index < -0.39 is 82.0 Å². The fraction of sp³-hybridized carbons (Fsp3) is 0.377. The van der Waals surface area contributed by atoms with E-state index in [1.807, 2.05) is 98.3 Å². The Bertz CT molecular complexity index is 2930. The Morgan fingerprint density at radius 2 is 0.838 bits per heavy atom. The van der Waals surface area contributed by atoms with Crippen LogP contribution >= 0.6 is 23.5 Å². The maximum atomic E-state index is 13.2. The summed E-state index contributed by atoms with van der Waals surface area (Å²) < 4.78 is 38.9. The maximum absolute atomic E-state index is 13.2. The molecule has 2 saturated heterocycles. The van der Waals surface area contributed by atoms with E-state index >= 15 is 0 Å². The quantitative estimate of drug-likeness (QED) is 0.0281. The van der Waals surface area contributed by atoms with Crippen molar-refractivity contribution in [3.05, 3.63) is 214 Å². The monoisotopic (exact) mass is 1150 g/mol. The molecule has 0 aliphatic carbocycles. The first-order valence-electron chi connectivity index (χ1n) is 26.6. The van der Waals surface area contributed by atoms with E-state index in [9.17, 15) is 25.8 Å². The lowest BCUT2D eigenvalue weighted by atomic mass is 9.90. The highest BCUT2D eigenvalue weighted by Crippen LogP contribution is 2.41. The molecule has 10 atom stereocenters. The van der Waals surface area contributed by atoms with Crippen LogP contribution in [-0.2, 0) is 27.8 Å². The average molecular weight is 1150 g/mol. The zero-order valence-corrected chi connectivity index (χ0v) is 50.4. The predicted octanol–water partition coefficient (Wildman–Crippen LogP) is 11.1. The van der Waals surface area contributed by atoms with Crippen LogP contribution in [0.5, 0.6) is 0 Å². The first kappa shape index (κ1) is 61.4. The van der Waals surface area contributed by atoms with Crippen LogP contribution in [0, 0.1) is 5.92 Å². The van der Waals surface area contributed by atoms with Gasteiger partial charge in [-0.05, 0) is 78.7 Å². The molecule has 15 nitrogen and oxygen atoms in total. The summed E-state index contributed by atoms with van der Waals surface area (Å²) in [5.74, 6) is -1.35. The molecule has 2 aliphatic heterocycles. The highest BCUT2D eigenvalue weighted by Gasteiger charge is 2.55. The van der Waals surface area contributed by atoms with Gasteiger partial charge in [0, 0.05) is 15.7 Å². The number of ether oxygens (including phenoxy) is 4. The molecule has 420 valence electrons. The Labute approximate surface area is 480 Å². The minimum absolute atomic E-state index is 0.0495. The van der Waals surface area contributed by atoms with Crippen LogP contribution in [-0.4, -0.2) is 113 Å². The van der Waals surface area contributed by atoms with Gasteiger partial charge >= 0.3 is 11.9 Å². The van der Waals surface area contributed by atoms with Gasteiger partial charge in [0.15, 0.2) is 0 Å². The topological polar surface area (TPSA) is 207 Å². The molecule has 6 aromatic carbocycles. The van der Waals surface area contributed by atoms with E-state index in [0.29, 0.717) is 11.1 Å². The summed E-state index contributed by atoms with van der Waals surface area (Å²) >= 11 is 2.80. The summed E-state index contributed by atoms with van der Waals surface area (Å²) in [7, 11) is -5.78. The molecule has 0 aromatic heterocycles. The van der Waals surface area contributed by atoms with Crippen molar-refractivity contribution in [3.8, 4) is 0 Å². The van der Waals surface area contributed by atoms with Gasteiger partial charge in [-0.3, -0.25) is 0 Å². The zero-order valence-electron chi connectivity index (χ0n) is 46.7. The van der Waals surface area contributed by atoms with E-state index in [1.165, 1.54) is 23.5 Å². The first-order chi connectivity index (χ1) is 38.4. The fourth-order valence-electron chi connectivity index (χ4n) is 10.9. The van der Waals surface area contributed by atoms with Crippen molar-refractivity contribution < 1.29 is 42.5 Å². The van der Waals surface area contributed by atoms with Crippen molar-refractivity contribution >= 4 is 72.8 Å². The summed E-state index contributed by atoms with van der Waals surface area (Å²) in [6, 6.07) is 57.1. The third-order valence-electron chi connectivity index (χ3n) is 14.8. The van der Waals surface area contributed by atoms with Gasteiger partial charge in [-0.1, -0.05) is 216 Å². The van der Waals surface area contributed by atoms with Gasteiger partial charge in [-0.2, -0.15) is 0 Å². The molecule has 2 heterocycles. The molecular weight excluding hydrogens is 1080 g/mol. The van der Waals surface area contributed by atoms with Crippen LogP contribution in [0.4, 0.5) is 0 Å². The number of aliphatic hydroxyl groups is 1. The molecule has 8 rings (SSSR count). The van der Waals surface area contributed by atoms with Gasteiger partial charge in [0.25, 0.3) is 16.6 Å². The van der Waals surface area contributed by atoms with E-state index in [1.54, 1.807) is 54.6 Å². The van der Waals surface area contributed by atoms with Crippen molar-refractivity contribution in [2.45, 2.75) is 112 Å². The Kier molecular flexibility index (Phi) is 21.5. The van der Waals surface area contributed by atoms with Crippen molar-refractivity contribution in [2.24, 2.45) is 16.1 Å². The number of aliphatic hydroxyl groups excluding tert-OH is 1. The Morgan fingerprint density at radius 3 is 1.19 bits per heavy atom. The van der Waals surface area contributed by atoms with Gasteiger partial charge < -0.3 is 32.9 Å². The molecule has 0 saturated carbocycles. The fourth-order valence-corrected chi connectivity index (χ4v) is 21.6. The number of thioether (sulfide) groups is 2. The molecular formula is C61H72N6O9S2Si2. The number of esters is 2. The lowest BCUT2D eigenvalue weighted by molar-refractivity contribution is -0.165. The minimum atomic E-state index is -2.92. The second-order valence-electron chi connectivity index (χ2n) is 21.7. The lowest BCUT2D eigenvalue weighted by Crippen LogP contribution is -2.68. The average Bonchev–Trinajstić information content (AvgIpc) is 3.65. The molecule has 0 spiro atoms. The van der Waals surface area contributed by atoms with Crippen molar-refractivity contribution in [1.82, 2.24) is 0 Å². The highest BCUT2D eigenvalue weighted by atomic mass is 32.2. The minimum Gasteiger partial charge on any atom is -0.456 e. The smallest absolute Gasteiger partial charge is 0.338 e. The maximum Gasteiger partial charge on any atom is 0.338 e. The summed E-state index contributed by atoms with van der Waals surface area (Å²) in [6.45, 7) is 15.4. The number of carbonyl (C=O) groups excluding carboxylic acids is 2. The zero-order chi connectivity index (χ0) is 57.5. The molecule has 6 aromatic rings. The third-order valence-corrected chi connectivity index (χ3v) is 26.5. The lowest BCUT2D eigenvalue weighted by Gasteiger charge is -2.47. The molecule has 4 unspecified atom stereocenters. The molecule has 2 fully saturated rings. The standard InChI is InChI=1S/C31H37N3O4SSi.C30H35N3O5SSi/c1-22-27(33-34-32)30(39-5)37-26(28(22)38-29(35)23-15-9-6-10-16-23)21-36-40(31(2,3)4,24-17-11-7-12-18-24)25-19-13-8-14-20-25;1-30(2,3)40(22-16-10-6-11-17-22,23-18-12-7-13-19-23)36-20-24-26(34)27(25(32-33-31)29(37-24)39-4)38-28(35)21-14-8-5-9-15-21/h6-20,22,26-28,30H,21H2,1-5H3;5-19,24-27,29,34H,20H2,1-4H3/t22-,26?,27?,28-,30+;24?,25?,26-,27+,29-/m10/s1. The number of benzene rings is 6. The van der Waals surface area contributed by atoms with Crippen molar-refractivity contribution in [2.75, 3.05) is 25.7 Å². The van der Waals surface area contributed by atoms with Crippen LogP contribution in [0.25, 0.3) is 20.9 Å². The van der Waals surface area contributed by atoms with Crippen LogP contribution in [0.1, 0.15) is 69.2 Å². The number of rotatable bonds is 18. The van der Waals surface area contributed by atoms with E-state index in [-0.39, 0.29) is 29.2 Å². The Morgan fingerprint density at radius 1 is 0.525 bits per heavy atom. The predicted molar refractivity (Wildman–Crippen MR) is 324 cm³/mol. The Balaban J connectivity index is 0.000000231. The summed E-state index contributed by atoms with van der Waals surface area (Å²) in [5, 5.41) is 23.4. The van der Waals surface area contributed by atoms with Crippen LogP contribution < -0.4 is 20.7 Å². The largest absolute Gasteiger partial charge is 0.456 e. The molecule has 0 amide bonds. The van der Waals surface area contributed by atoms with E-state index in [0.717, 1.165) is 20.7 Å². The summed E-state index contributed by atoms with van der Waals surface area (Å²) in [6.07, 6.45) is -0.742. The molecule has 0 bridgehead atoms. The molecule has 2 aliphatic rings. The van der Waals surface area contributed by atoms with Crippen LogP contribution in [0.15, 0.2) is 192 Å². The van der Waals surface area contributed by atoms with Gasteiger partial charge in [-0.25, -0.2) is 9.59 Å². The van der Waals surface area contributed by atoms with Crippen molar-refractivity contribution in [3.63, 3.8) is 0 Å². The third kappa shape index (κ3) is 13.8. The summed E-state index contributed by atoms with van der Waals surface area (Å²) in [5.41, 5.74) is 18.3. The summed E-state index contributed by atoms with van der Waals surface area (Å²) in [4.78, 5) is 32.2. The molecule has 80 heavy (non-hydrogen) atoms. The Hall–Kier alpha value is -6.19. The highest BCUT2D eigenvalue weighted by molar-refractivity contribution is 7.99. The van der Waals surface area contributed by atoms with Gasteiger partial charge in [0.05, 0.1) is 30.4 Å². The number of azide groups is 2. The second kappa shape index (κ2) is 28.0. The number of hydrogen-bond donors (Lipinski definition) is 1. The van der Waals surface area contributed by atoms with E-state index in [2.05, 4.69) is 110 Å². The second-order valence-corrected chi connectivity index (χ2v) is 32.2. The molecule has 1 N–H and O–H groups in total. The molecule has 0 radical (unpaired) electrons. The van der Waals surface area contributed by atoms with Crippen molar-refractivity contribution in [1.29, 1.82) is 0 Å². The first-order valence-corrected chi connectivity index (χ1v) is 33.0. The number of carbonyl (C=O) groups is 2. The van der Waals surface area contributed by atoms with Gasteiger partial charge in [0.1, 0.15) is 47.4 Å². The molecule has 19 heteroatoms. The van der Waals surface area contributed by atoms with Crippen LogP contribution in [0.3, 0.4) is 0 Å². The normalized spacial score (nSPS) is 23.2. The van der Waals surface area contributed by atoms with Crippen LogP contribution in [0.2, 0.25) is 10.1 Å². The number of nitrogens with zero attached hydrogens (tertiary/aromatic N) is 6. The number of hydrogen-bond acceptors (Lipinski definition) is 13. The van der Waals surface area contributed by atoms with Gasteiger partial charge in [-0.15, -0.1) is 23.5 Å². The van der Waals surface area contributed by atoms with E-state index in [4.69, 9.17) is 27.8 Å². The SMILES string of the molecule is CS[C@@H]1OC(CO[Si](c2ccccc2)(c2ccccc2)C(C)(C)C)[C@H](O)[C@H](OC(=O)c2ccccc2)C1N=[N+]=[N-].CS[C@@H]1OC(CO[Si](c2ccccc2)(c2ccccc2)C(C)(C)C)[C@H](OC(=O)c2ccccc2)[C@H](C)C1N=[N+]=[N-]. The van der Waals surface area contributed by atoms with Gasteiger partial charge in [0.2, 0.25) is 0 Å².